The number of nitrogens with one attached hydrogen (secondary N) is 1. The lowest BCUT2D eigenvalue weighted by Crippen LogP contribution is -2.22. The van der Waals surface area contributed by atoms with Gasteiger partial charge in [0.15, 0.2) is 0 Å². The number of hydrogen-bond donors (Lipinski definition) is 1. The van der Waals surface area contributed by atoms with Gasteiger partial charge in [0.2, 0.25) is 11.7 Å². The second-order valence-corrected chi connectivity index (χ2v) is 6.32. The molecule has 2 aromatic rings. The first kappa shape index (κ1) is 21.5. The maximum Gasteiger partial charge on any atom is 0.449 e. The average Bonchev–Trinajstić information content (AvgIpc) is 2.66. The van der Waals surface area contributed by atoms with Gasteiger partial charge in [0.1, 0.15) is 11.5 Å². The van der Waals surface area contributed by atoms with E-state index in [-0.39, 0.29) is 18.7 Å². The fourth-order valence-corrected chi connectivity index (χ4v) is 2.52. The van der Waals surface area contributed by atoms with E-state index >= 15 is 0 Å². The highest BCUT2D eigenvalue weighted by Gasteiger charge is 2.36. The number of ketones is 1. The summed E-state index contributed by atoms with van der Waals surface area (Å²) in [4.78, 5) is 22.7. The number of amides is 1. The molecule has 0 unspecified atom stereocenters. The van der Waals surface area contributed by atoms with E-state index < -0.39 is 18.4 Å². The molecule has 150 valence electrons. The lowest BCUT2D eigenvalue weighted by molar-refractivity contribution is -0.171. The van der Waals surface area contributed by atoms with Crippen LogP contribution in [0.5, 0.6) is 11.5 Å². The van der Waals surface area contributed by atoms with Crippen molar-refractivity contribution >= 4 is 17.4 Å². The van der Waals surface area contributed by atoms with E-state index in [1.165, 1.54) is 0 Å². The molecular weight excluding hydrogens is 371 g/mol. The number of carbonyl (C=O) groups is 2. The minimum Gasteiger partial charge on any atom is -0.457 e. The molecule has 1 N–H and O–H groups in total. The molecule has 0 heterocycles. The Balaban J connectivity index is 1.63. The van der Waals surface area contributed by atoms with Gasteiger partial charge in [0.05, 0.1) is 0 Å². The van der Waals surface area contributed by atoms with Crippen molar-refractivity contribution in [1.82, 2.24) is 0 Å². The van der Waals surface area contributed by atoms with E-state index in [9.17, 15) is 22.8 Å². The molecule has 4 nitrogen and oxygen atoms in total. The predicted molar refractivity (Wildman–Crippen MR) is 100 cm³/mol. The minimum absolute atomic E-state index is 0.164. The van der Waals surface area contributed by atoms with Crippen molar-refractivity contribution in [3.8, 4) is 11.5 Å². The summed E-state index contributed by atoms with van der Waals surface area (Å²) in [7, 11) is 0. The van der Waals surface area contributed by atoms with Crippen LogP contribution in [0.25, 0.3) is 0 Å². The smallest absolute Gasteiger partial charge is 0.449 e. The summed E-state index contributed by atoms with van der Waals surface area (Å²) in [6.07, 6.45) is -3.14. The molecule has 0 spiro atoms. The molecule has 2 rings (SSSR count). The first-order chi connectivity index (χ1) is 13.3. The number of Topliss-reactive ketones (excluding diaryl/α,β-unsaturated/α-hetero) is 1. The van der Waals surface area contributed by atoms with E-state index in [1.807, 2.05) is 30.3 Å². The largest absolute Gasteiger partial charge is 0.457 e. The summed E-state index contributed by atoms with van der Waals surface area (Å²) < 4.78 is 41.9. The van der Waals surface area contributed by atoms with Crippen LogP contribution in [0.2, 0.25) is 0 Å². The van der Waals surface area contributed by atoms with Gasteiger partial charge in [-0.3, -0.25) is 9.59 Å². The number of ether oxygens (including phenoxy) is 1. The molecule has 0 aliphatic heterocycles. The van der Waals surface area contributed by atoms with Crippen LogP contribution in [0, 0.1) is 0 Å². The molecule has 0 aromatic heterocycles. The van der Waals surface area contributed by atoms with Gasteiger partial charge in [0.25, 0.3) is 0 Å². The van der Waals surface area contributed by atoms with Crippen molar-refractivity contribution in [2.75, 3.05) is 5.32 Å². The number of unbranched alkanes of at least 4 members (excludes halogenated alkanes) is 3. The zero-order chi connectivity index (χ0) is 20.4. The first-order valence-corrected chi connectivity index (χ1v) is 9.07. The van der Waals surface area contributed by atoms with Crippen LogP contribution in [-0.4, -0.2) is 17.9 Å². The Kier molecular flexibility index (Phi) is 8.04. The summed E-state index contributed by atoms with van der Waals surface area (Å²) >= 11 is 0. The molecule has 1 amide bonds. The molecule has 0 atom stereocenters. The average molecular weight is 393 g/mol. The summed E-state index contributed by atoms with van der Waals surface area (Å²) in [6.45, 7) is 0. The van der Waals surface area contributed by atoms with Crippen LogP contribution in [0.15, 0.2) is 54.6 Å². The van der Waals surface area contributed by atoms with Gasteiger partial charge in [-0.25, -0.2) is 0 Å². The molecule has 0 bridgehead atoms. The number of rotatable bonds is 10. The van der Waals surface area contributed by atoms with Gasteiger partial charge in [-0.2, -0.15) is 13.2 Å². The second-order valence-electron chi connectivity index (χ2n) is 6.32. The third-order valence-electron chi connectivity index (χ3n) is 3.99. The van der Waals surface area contributed by atoms with Crippen LogP contribution in [0.4, 0.5) is 18.9 Å². The van der Waals surface area contributed by atoms with Crippen molar-refractivity contribution in [3.05, 3.63) is 54.6 Å². The fraction of sp³-hybridized carbons (Fsp3) is 0.333. The van der Waals surface area contributed by atoms with E-state index in [1.54, 1.807) is 24.3 Å². The Morgan fingerprint density at radius 3 is 1.96 bits per heavy atom. The van der Waals surface area contributed by atoms with Crippen LogP contribution in [0.3, 0.4) is 0 Å². The van der Waals surface area contributed by atoms with Crippen LogP contribution in [-0.2, 0) is 9.59 Å². The number of alkyl halides is 3. The monoisotopic (exact) mass is 393 g/mol. The number of hydrogen-bond acceptors (Lipinski definition) is 3. The van der Waals surface area contributed by atoms with Gasteiger partial charge < -0.3 is 10.1 Å². The van der Waals surface area contributed by atoms with E-state index in [0.29, 0.717) is 30.7 Å². The molecule has 7 heteroatoms. The molecule has 0 aliphatic rings. The molecule has 28 heavy (non-hydrogen) atoms. The molecular formula is C21H22F3NO3. The molecule has 0 fully saturated rings. The van der Waals surface area contributed by atoms with Gasteiger partial charge in [-0.1, -0.05) is 31.0 Å². The Bertz CT molecular complexity index is 759. The van der Waals surface area contributed by atoms with Gasteiger partial charge in [-0.05, 0) is 49.2 Å². The van der Waals surface area contributed by atoms with Gasteiger partial charge in [-0.15, -0.1) is 0 Å². The number of halogens is 3. The van der Waals surface area contributed by atoms with Crippen LogP contribution in [0.1, 0.15) is 38.5 Å². The molecule has 0 saturated carbocycles. The third-order valence-corrected chi connectivity index (χ3v) is 3.99. The van der Waals surface area contributed by atoms with Crippen molar-refractivity contribution in [2.24, 2.45) is 0 Å². The highest BCUT2D eigenvalue weighted by Crippen LogP contribution is 2.23. The maximum absolute atomic E-state index is 12.1. The number of para-hydroxylation sites is 1. The van der Waals surface area contributed by atoms with Gasteiger partial charge in [0, 0.05) is 18.5 Å². The van der Waals surface area contributed by atoms with Crippen molar-refractivity contribution in [2.45, 2.75) is 44.7 Å². The SMILES string of the molecule is O=C(CCCCCCC(=O)C(F)(F)F)Nc1ccc(Oc2ccccc2)cc1. The van der Waals surface area contributed by atoms with Crippen LogP contribution >= 0.6 is 0 Å². The number of benzene rings is 2. The van der Waals surface area contributed by atoms with Gasteiger partial charge >= 0.3 is 6.18 Å². The highest BCUT2D eigenvalue weighted by atomic mass is 19.4. The summed E-state index contributed by atoms with van der Waals surface area (Å²) in [6, 6.07) is 16.3. The third kappa shape index (κ3) is 7.82. The van der Waals surface area contributed by atoms with E-state index in [2.05, 4.69) is 5.32 Å². The summed E-state index contributed by atoms with van der Waals surface area (Å²) in [5.74, 6) is -0.484. The highest BCUT2D eigenvalue weighted by molar-refractivity contribution is 5.90. The summed E-state index contributed by atoms with van der Waals surface area (Å²) in [5, 5.41) is 2.76. The molecule has 0 saturated heterocycles. The van der Waals surface area contributed by atoms with Crippen molar-refractivity contribution in [3.63, 3.8) is 0 Å². The Morgan fingerprint density at radius 1 is 0.786 bits per heavy atom. The maximum atomic E-state index is 12.1. The lowest BCUT2D eigenvalue weighted by atomic mass is 10.1. The topological polar surface area (TPSA) is 55.4 Å². The van der Waals surface area contributed by atoms with E-state index in [4.69, 9.17) is 4.74 Å². The second kappa shape index (κ2) is 10.5. The first-order valence-electron chi connectivity index (χ1n) is 9.07. The summed E-state index contributed by atoms with van der Waals surface area (Å²) in [5.41, 5.74) is 0.640. The minimum atomic E-state index is -4.75. The van der Waals surface area contributed by atoms with Crippen molar-refractivity contribution < 1.29 is 27.5 Å². The quantitative estimate of drug-likeness (QED) is 0.512. The molecule has 0 aliphatic carbocycles. The lowest BCUT2D eigenvalue weighted by Gasteiger charge is -2.08. The normalized spacial score (nSPS) is 11.1. The Labute approximate surface area is 161 Å². The zero-order valence-corrected chi connectivity index (χ0v) is 15.3. The number of carbonyl (C=O) groups excluding carboxylic acids is 2. The van der Waals surface area contributed by atoms with Crippen molar-refractivity contribution in [1.29, 1.82) is 0 Å². The van der Waals surface area contributed by atoms with Crippen LogP contribution < -0.4 is 10.1 Å². The zero-order valence-electron chi connectivity index (χ0n) is 15.3. The standard InChI is InChI=1S/C21H22F3NO3/c22-21(23,24)19(26)10-6-1-2-7-11-20(27)25-16-12-14-18(15-13-16)28-17-8-4-3-5-9-17/h3-5,8-9,12-15H,1-2,6-7,10-11H2,(H,25,27). The fourth-order valence-electron chi connectivity index (χ4n) is 2.52. The molecule has 2 aromatic carbocycles. The Hall–Kier alpha value is -2.83. The molecule has 0 radical (unpaired) electrons. The van der Waals surface area contributed by atoms with E-state index in [0.717, 1.165) is 5.75 Å². The predicted octanol–water partition coefficient (Wildman–Crippen LogP) is 5.89. The Morgan fingerprint density at radius 2 is 1.36 bits per heavy atom. The number of anilines is 1.